The van der Waals surface area contributed by atoms with Crippen LogP contribution in [-0.2, 0) is 21.2 Å². The van der Waals surface area contributed by atoms with Crippen molar-refractivity contribution in [1.82, 2.24) is 14.9 Å². The summed E-state index contributed by atoms with van der Waals surface area (Å²) in [6.45, 7) is 6.54. The lowest BCUT2D eigenvalue weighted by Crippen LogP contribution is -2.44. The van der Waals surface area contributed by atoms with Gasteiger partial charge in [-0.15, -0.1) is 0 Å². The molecule has 0 radical (unpaired) electrons. The molecule has 0 spiro atoms. The average molecular weight is 686 g/mol. The minimum Gasteiger partial charge on any atom is -0.444 e. The molecule has 1 atom stereocenters. The molecule has 2 aliphatic rings. The van der Waals surface area contributed by atoms with E-state index in [0.717, 1.165) is 12.1 Å². The van der Waals surface area contributed by atoms with Crippen molar-refractivity contribution in [1.29, 1.82) is 0 Å². The number of nitrogens with one attached hydrogen (secondary N) is 2. The Morgan fingerprint density at radius 3 is 2.55 bits per heavy atom. The zero-order valence-electron chi connectivity index (χ0n) is 26.0. The zero-order chi connectivity index (χ0) is 33.7. The highest BCUT2D eigenvalue weighted by Gasteiger charge is 2.31. The molecular formula is C33H34ClF2N5O5S. The fourth-order valence-electron chi connectivity index (χ4n) is 5.94. The number of aromatic nitrogens is 2. The highest BCUT2D eigenvalue weighted by molar-refractivity contribution is 7.92. The van der Waals surface area contributed by atoms with Crippen molar-refractivity contribution >= 4 is 50.3 Å². The number of hydrogen-bond donors (Lipinski definition) is 3. The monoisotopic (exact) mass is 685 g/mol. The van der Waals surface area contributed by atoms with Crippen molar-refractivity contribution in [2.45, 2.75) is 69.1 Å². The Balaban J connectivity index is 1.19. The van der Waals surface area contributed by atoms with E-state index in [2.05, 4.69) is 20.0 Å². The molecule has 47 heavy (non-hydrogen) atoms. The van der Waals surface area contributed by atoms with Gasteiger partial charge in [0.1, 0.15) is 11.4 Å². The van der Waals surface area contributed by atoms with Crippen molar-refractivity contribution in [3.8, 4) is 11.1 Å². The lowest BCUT2D eigenvalue weighted by atomic mass is 10.0. The lowest BCUT2D eigenvalue weighted by Gasteiger charge is -2.33. The summed E-state index contributed by atoms with van der Waals surface area (Å²) in [7, 11) is -4.35. The average Bonchev–Trinajstić information content (AvgIpc) is 3.37. The Morgan fingerprint density at radius 2 is 1.83 bits per heavy atom. The second kappa shape index (κ2) is 12.5. The van der Waals surface area contributed by atoms with Crippen LogP contribution in [0.4, 0.5) is 25.2 Å². The van der Waals surface area contributed by atoms with E-state index in [0.29, 0.717) is 66.8 Å². The van der Waals surface area contributed by atoms with Gasteiger partial charge in [0.15, 0.2) is 5.82 Å². The first kappa shape index (κ1) is 32.9. The van der Waals surface area contributed by atoms with Gasteiger partial charge in [-0.25, -0.2) is 32.0 Å². The fourth-order valence-corrected chi connectivity index (χ4v) is 7.62. The number of anilines is 2. The number of rotatable bonds is 6. The van der Waals surface area contributed by atoms with Crippen molar-refractivity contribution in [2.24, 2.45) is 0 Å². The molecular weight excluding hydrogens is 652 g/mol. The maximum absolute atomic E-state index is 15.9. The van der Waals surface area contributed by atoms with Gasteiger partial charge in [0.2, 0.25) is 5.95 Å². The Kier molecular flexibility index (Phi) is 8.75. The quantitative estimate of drug-likeness (QED) is 0.201. The van der Waals surface area contributed by atoms with Gasteiger partial charge >= 0.3 is 6.09 Å². The number of aliphatic hydroxyl groups is 1. The van der Waals surface area contributed by atoms with Gasteiger partial charge in [0.25, 0.3) is 10.0 Å². The third-order valence-electron chi connectivity index (χ3n) is 8.21. The highest BCUT2D eigenvalue weighted by atomic mass is 35.5. The number of carbonyl (C=O) groups excluding carboxylic acids is 1. The van der Waals surface area contributed by atoms with Crippen LogP contribution in [0, 0.1) is 11.6 Å². The van der Waals surface area contributed by atoms with Gasteiger partial charge in [-0.1, -0.05) is 17.7 Å². The second-order valence-corrected chi connectivity index (χ2v) is 14.9. The molecule has 1 aromatic heterocycles. The number of hydrogen-bond acceptors (Lipinski definition) is 8. The maximum atomic E-state index is 15.9. The molecule has 14 heteroatoms. The van der Waals surface area contributed by atoms with Crippen LogP contribution in [0.2, 0.25) is 5.02 Å². The molecule has 1 aliphatic carbocycles. The molecule has 4 aromatic rings. The van der Waals surface area contributed by atoms with Crippen LogP contribution in [0.5, 0.6) is 0 Å². The summed E-state index contributed by atoms with van der Waals surface area (Å²) in [4.78, 5) is 22.8. The van der Waals surface area contributed by atoms with E-state index in [1.54, 1.807) is 17.2 Å². The lowest BCUT2D eigenvalue weighted by molar-refractivity contribution is 0.0210. The van der Waals surface area contributed by atoms with E-state index in [9.17, 15) is 18.3 Å². The SMILES string of the molecule is CC(C)(C)OC(=O)N1CCC(Nc2ncc3cc(-c4c(F)ccc(NS(=O)(=O)c5cc(Cl)cc6c5CC[C@H]6O)c4F)ccc3n2)CC1. The summed E-state index contributed by atoms with van der Waals surface area (Å²) in [6, 6.07) is 9.46. The second-order valence-electron chi connectivity index (χ2n) is 12.8. The number of fused-ring (bicyclic) bond motifs is 2. The number of likely N-dealkylation sites (tertiary alicyclic amines) is 1. The van der Waals surface area contributed by atoms with Crippen LogP contribution in [0.1, 0.15) is 57.3 Å². The summed E-state index contributed by atoms with van der Waals surface area (Å²) in [5.41, 5.74) is 0.100. The Hall–Kier alpha value is -4.07. The van der Waals surface area contributed by atoms with Gasteiger partial charge < -0.3 is 20.1 Å². The van der Waals surface area contributed by atoms with Crippen LogP contribution in [0.25, 0.3) is 22.0 Å². The summed E-state index contributed by atoms with van der Waals surface area (Å²) >= 11 is 6.14. The number of carbonyl (C=O) groups is 1. The Morgan fingerprint density at radius 1 is 1.09 bits per heavy atom. The van der Waals surface area contributed by atoms with E-state index in [4.69, 9.17) is 16.3 Å². The number of amides is 1. The number of aliphatic hydroxyl groups excluding tert-OH is 1. The van der Waals surface area contributed by atoms with Crippen LogP contribution < -0.4 is 10.0 Å². The normalized spacial score (nSPS) is 17.1. The molecule has 1 amide bonds. The first-order valence-corrected chi connectivity index (χ1v) is 17.1. The summed E-state index contributed by atoms with van der Waals surface area (Å²) < 4.78 is 65.4. The summed E-state index contributed by atoms with van der Waals surface area (Å²) in [5, 5.41) is 14.2. The number of benzene rings is 3. The molecule has 0 saturated carbocycles. The van der Waals surface area contributed by atoms with Crippen LogP contribution in [0.15, 0.2) is 53.6 Å². The first-order valence-electron chi connectivity index (χ1n) is 15.2. The topological polar surface area (TPSA) is 134 Å². The van der Waals surface area contributed by atoms with E-state index in [1.165, 1.54) is 24.3 Å². The first-order chi connectivity index (χ1) is 22.2. The molecule has 3 N–H and O–H groups in total. The Labute approximate surface area is 276 Å². The van der Waals surface area contributed by atoms with Crippen molar-refractivity contribution < 1.29 is 31.8 Å². The number of sulfonamides is 1. The van der Waals surface area contributed by atoms with Crippen molar-refractivity contribution in [3.05, 3.63) is 76.4 Å². The number of ether oxygens (including phenoxy) is 1. The Bertz CT molecular complexity index is 1980. The molecule has 1 aliphatic heterocycles. The van der Waals surface area contributed by atoms with Gasteiger partial charge in [-0.3, -0.25) is 4.72 Å². The highest BCUT2D eigenvalue weighted by Crippen LogP contribution is 2.39. The molecule has 2 heterocycles. The molecule has 6 rings (SSSR count). The van der Waals surface area contributed by atoms with Gasteiger partial charge in [-0.2, -0.15) is 0 Å². The van der Waals surface area contributed by atoms with E-state index >= 15 is 8.78 Å². The molecule has 248 valence electrons. The van der Waals surface area contributed by atoms with E-state index < -0.39 is 44.6 Å². The minimum atomic E-state index is -4.35. The molecule has 3 aromatic carbocycles. The largest absolute Gasteiger partial charge is 0.444 e. The summed E-state index contributed by atoms with van der Waals surface area (Å²) in [5.74, 6) is -1.59. The van der Waals surface area contributed by atoms with Crippen molar-refractivity contribution in [2.75, 3.05) is 23.1 Å². The minimum absolute atomic E-state index is 0.0400. The van der Waals surface area contributed by atoms with Crippen LogP contribution >= 0.6 is 11.6 Å². The molecule has 10 nitrogen and oxygen atoms in total. The maximum Gasteiger partial charge on any atom is 0.410 e. The van der Waals surface area contributed by atoms with E-state index in [1.807, 2.05) is 20.8 Å². The number of piperidine rings is 1. The third-order valence-corrected chi connectivity index (χ3v) is 9.86. The van der Waals surface area contributed by atoms with Gasteiger partial charge in [-0.05, 0) is 99.5 Å². The molecule has 1 saturated heterocycles. The standard InChI is InChI=1S/C33H34ClF2N5O5S/c1-33(2,3)46-32(43)41-12-10-21(11-13-41)38-31-37-17-19-14-18(4-7-25(19)39-31)29-24(35)6-8-26(30(29)36)40-47(44,45)28-16-20(34)15-23-22(28)5-9-27(23)42/h4,6-8,14-17,21,27,40,42H,5,9-13H2,1-3H3,(H,37,38,39)/t27-/m1/s1. The number of nitrogens with zero attached hydrogens (tertiary/aromatic N) is 3. The summed E-state index contributed by atoms with van der Waals surface area (Å²) in [6.07, 6.45) is 2.37. The smallest absolute Gasteiger partial charge is 0.410 e. The molecule has 1 fully saturated rings. The molecule has 0 bridgehead atoms. The fraction of sp³-hybridized carbons (Fsp3) is 0.364. The predicted molar refractivity (Wildman–Crippen MR) is 175 cm³/mol. The van der Waals surface area contributed by atoms with Gasteiger partial charge in [0, 0.05) is 35.7 Å². The van der Waals surface area contributed by atoms with E-state index in [-0.39, 0.29) is 27.6 Å². The van der Waals surface area contributed by atoms with Crippen LogP contribution in [-0.4, -0.2) is 59.2 Å². The number of halogens is 3. The predicted octanol–water partition coefficient (Wildman–Crippen LogP) is 6.82. The van der Waals surface area contributed by atoms with Crippen LogP contribution in [0.3, 0.4) is 0 Å². The molecule has 0 unspecified atom stereocenters. The third kappa shape index (κ3) is 6.97. The van der Waals surface area contributed by atoms with Gasteiger partial charge in [0.05, 0.1) is 27.8 Å². The zero-order valence-corrected chi connectivity index (χ0v) is 27.6. The van der Waals surface area contributed by atoms with Crippen molar-refractivity contribution in [3.63, 3.8) is 0 Å².